The van der Waals surface area contributed by atoms with E-state index in [1.165, 1.54) is 0 Å². The number of hydrogen-bond acceptors (Lipinski definition) is 7. The lowest BCUT2D eigenvalue weighted by Gasteiger charge is -2.09. The van der Waals surface area contributed by atoms with Gasteiger partial charge in [0.2, 0.25) is 0 Å². The van der Waals surface area contributed by atoms with Crippen molar-refractivity contribution in [3.63, 3.8) is 0 Å². The van der Waals surface area contributed by atoms with Crippen molar-refractivity contribution >= 4 is 25.6 Å². The Morgan fingerprint density at radius 1 is 1.13 bits per heavy atom. The fraction of sp³-hybridized carbons (Fsp3) is 0.167. The molecule has 0 aliphatic heterocycles. The number of hydrogen-bond donors (Lipinski definition) is 1. The number of nitrogens with zero attached hydrogens (tertiary/aromatic N) is 1. The summed E-state index contributed by atoms with van der Waals surface area (Å²) in [5, 5.41) is 12.0. The molecule has 1 N–H and O–H groups in total. The third-order valence-corrected chi connectivity index (χ3v) is 5.20. The van der Waals surface area contributed by atoms with E-state index in [0.717, 1.165) is 24.5 Å². The van der Waals surface area contributed by atoms with Crippen molar-refractivity contribution in [3.05, 3.63) is 29.7 Å². The van der Waals surface area contributed by atoms with Crippen molar-refractivity contribution in [1.82, 2.24) is 5.16 Å². The topological polar surface area (TPSA) is 132 Å². The second kappa shape index (κ2) is 5.42. The molecule has 1 aromatic carbocycles. The van der Waals surface area contributed by atoms with Crippen LogP contribution in [0.4, 0.5) is 4.39 Å². The highest BCUT2D eigenvalue weighted by atomic mass is 32.2. The van der Waals surface area contributed by atoms with E-state index >= 15 is 0 Å². The molecular weight excluding hydrogens is 353 g/mol. The molecule has 2 rings (SSSR count). The highest BCUT2D eigenvalue weighted by Gasteiger charge is 2.27. The molecule has 0 amide bonds. The average molecular weight is 363 g/mol. The normalized spacial score (nSPS) is 12.3. The van der Waals surface area contributed by atoms with Crippen LogP contribution in [-0.2, 0) is 19.7 Å². The van der Waals surface area contributed by atoms with Crippen LogP contribution >= 0.6 is 0 Å². The molecule has 0 spiro atoms. The van der Waals surface area contributed by atoms with E-state index in [2.05, 4.69) is 5.16 Å². The van der Waals surface area contributed by atoms with Gasteiger partial charge in [-0.25, -0.2) is 26.0 Å². The highest BCUT2D eigenvalue weighted by molar-refractivity contribution is 7.93. The van der Waals surface area contributed by atoms with Gasteiger partial charge in [-0.05, 0) is 12.1 Å². The Morgan fingerprint density at radius 3 is 2.17 bits per heavy atom. The number of carbonyl (C=O) groups is 1. The number of benzene rings is 1. The van der Waals surface area contributed by atoms with Gasteiger partial charge in [0.15, 0.2) is 31.1 Å². The van der Waals surface area contributed by atoms with Crippen LogP contribution in [0.2, 0.25) is 0 Å². The van der Waals surface area contributed by atoms with Gasteiger partial charge in [0.25, 0.3) is 0 Å². The van der Waals surface area contributed by atoms with Crippen LogP contribution in [0.1, 0.15) is 10.5 Å². The Morgan fingerprint density at radius 2 is 1.74 bits per heavy atom. The van der Waals surface area contributed by atoms with Gasteiger partial charge in [-0.3, -0.25) is 0 Å². The quantitative estimate of drug-likeness (QED) is 0.850. The number of carboxylic acids is 1. The molecule has 1 aromatic heterocycles. The standard InChI is InChI=1S/C12H10FNO7S2/c1-22(17,18)10-4-6(3-7(13)11(10)23(2,19)20)9-5-8(12(15)16)14-21-9/h3-5H,1-2H3,(H,15,16). The molecule has 0 fully saturated rings. The fourth-order valence-corrected chi connectivity index (χ4v) is 4.38. The SMILES string of the molecule is CS(=O)(=O)c1cc(-c2cc(C(=O)O)no2)cc(F)c1S(C)(=O)=O. The number of carboxylic acid groups (broad SMARTS) is 1. The maximum absolute atomic E-state index is 14.2. The Balaban J connectivity index is 2.79. The number of rotatable bonds is 4. The van der Waals surface area contributed by atoms with Crippen LogP contribution in [0, 0.1) is 5.82 Å². The first kappa shape index (κ1) is 17.1. The van der Waals surface area contributed by atoms with E-state index in [-0.39, 0.29) is 11.3 Å². The molecule has 2 aromatic rings. The van der Waals surface area contributed by atoms with E-state index in [4.69, 9.17) is 9.63 Å². The predicted octanol–water partition coefficient (Wildman–Crippen LogP) is 0.986. The Hall–Kier alpha value is -2.27. The molecule has 0 saturated heterocycles. The highest BCUT2D eigenvalue weighted by Crippen LogP contribution is 2.31. The van der Waals surface area contributed by atoms with E-state index in [1.54, 1.807) is 0 Å². The minimum Gasteiger partial charge on any atom is -0.476 e. The molecule has 1 heterocycles. The van der Waals surface area contributed by atoms with Gasteiger partial charge >= 0.3 is 5.97 Å². The second-order valence-corrected chi connectivity index (χ2v) is 8.65. The van der Waals surface area contributed by atoms with Gasteiger partial charge in [0.1, 0.15) is 10.7 Å². The summed E-state index contributed by atoms with van der Waals surface area (Å²) in [6.45, 7) is 0. The lowest BCUT2D eigenvalue weighted by Crippen LogP contribution is -2.10. The first-order valence-corrected chi connectivity index (χ1v) is 9.63. The maximum atomic E-state index is 14.2. The van der Waals surface area contributed by atoms with E-state index in [0.29, 0.717) is 6.26 Å². The summed E-state index contributed by atoms with van der Waals surface area (Å²) in [5.74, 6) is -2.90. The smallest absolute Gasteiger partial charge is 0.358 e. The van der Waals surface area contributed by atoms with Gasteiger partial charge < -0.3 is 9.63 Å². The zero-order valence-electron chi connectivity index (χ0n) is 11.8. The molecule has 124 valence electrons. The maximum Gasteiger partial charge on any atom is 0.358 e. The van der Waals surface area contributed by atoms with Gasteiger partial charge in [0, 0.05) is 24.1 Å². The first-order valence-electron chi connectivity index (χ1n) is 5.85. The molecule has 0 saturated carbocycles. The molecule has 0 radical (unpaired) electrons. The van der Waals surface area contributed by atoms with E-state index in [9.17, 15) is 26.0 Å². The molecule has 0 bridgehead atoms. The molecule has 11 heteroatoms. The zero-order valence-corrected chi connectivity index (χ0v) is 13.4. The predicted molar refractivity (Wildman–Crippen MR) is 75.1 cm³/mol. The van der Waals surface area contributed by atoms with Crippen LogP contribution in [0.25, 0.3) is 11.3 Å². The molecule has 0 aliphatic carbocycles. The molecular formula is C12H10FNO7S2. The molecule has 0 aliphatic rings. The van der Waals surface area contributed by atoms with E-state index in [1.807, 2.05) is 0 Å². The summed E-state index contributed by atoms with van der Waals surface area (Å²) < 4.78 is 65.7. The van der Waals surface area contributed by atoms with Gasteiger partial charge in [0.05, 0.1) is 4.90 Å². The number of sulfone groups is 2. The third kappa shape index (κ3) is 3.40. The van der Waals surface area contributed by atoms with Crippen molar-refractivity contribution in [2.75, 3.05) is 12.5 Å². The largest absolute Gasteiger partial charge is 0.476 e. The van der Waals surface area contributed by atoms with Crippen LogP contribution < -0.4 is 0 Å². The van der Waals surface area contributed by atoms with Crippen molar-refractivity contribution in [1.29, 1.82) is 0 Å². The van der Waals surface area contributed by atoms with Crippen LogP contribution in [-0.4, -0.2) is 45.6 Å². The van der Waals surface area contributed by atoms with Crippen LogP contribution in [0.5, 0.6) is 0 Å². The Bertz CT molecular complexity index is 1010. The minimum absolute atomic E-state index is 0.157. The first-order chi connectivity index (χ1) is 10.4. The number of halogens is 1. The minimum atomic E-state index is -4.15. The summed E-state index contributed by atoms with van der Waals surface area (Å²) in [7, 11) is -8.23. The summed E-state index contributed by atoms with van der Waals surface area (Å²) in [6.07, 6.45) is 1.40. The van der Waals surface area contributed by atoms with Gasteiger partial charge in [-0.2, -0.15) is 0 Å². The average Bonchev–Trinajstić information content (AvgIpc) is 2.84. The van der Waals surface area contributed by atoms with Crippen molar-refractivity contribution in [2.24, 2.45) is 0 Å². The van der Waals surface area contributed by atoms with E-state index < -0.39 is 46.9 Å². The third-order valence-electron chi connectivity index (χ3n) is 2.79. The Labute approximate surface area is 130 Å². The fourth-order valence-electron chi connectivity index (χ4n) is 1.86. The summed E-state index contributed by atoms with van der Waals surface area (Å²) in [6, 6.07) is 2.58. The van der Waals surface area contributed by atoms with Crippen LogP contribution in [0.3, 0.4) is 0 Å². The second-order valence-electron chi connectivity index (χ2n) is 4.71. The van der Waals surface area contributed by atoms with Gasteiger partial charge in [-0.15, -0.1) is 0 Å². The Kier molecular flexibility index (Phi) is 4.03. The van der Waals surface area contributed by atoms with Crippen molar-refractivity contribution < 1.29 is 35.7 Å². The zero-order chi connectivity index (χ0) is 17.6. The van der Waals surface area contributed by atoms with Crippen molar-refractivity contribution in [2.45, 2.75) is 9.79 Å². The number of aromatic nitrogens is 1. The molecule has 0 unspecified atom stereocenters. The van der Waals surface area contributed by atoms with Crippen LogP contribution in [0.15, 0.2) is 32.5 Å². The molecule has 23 heavy (non-hydrogen) atoms. The molecule has 0 atom stereocenters. The lowest BCUT2D eigenvalue weighted by molar-refractivity contribution is 0.0685. The lowest BCUT2D eigenvalue weighted by atomic mass is 10.1. The summed E-state index contributed by atoms with van der Waals surface area (Å²) in [5.41, 5.74) is -0.621. The van der Waals surface area contributed by atoms with Crippen molar-refractivity contribution in [3.8, 4) is 11.3 Å². The summed E-state index contributed by atoms with van der Waals surface area (Å²) in [4.78, 5) is 9.05. The summed E-state index contributed by atoms with van der Waals surface area (Å²) >= 11 is 0. The monoisotopic (exact) mass is 363 g/mol. The molecule has 8 nitrogen and oxygen atoms in total. The number of aromatic carboxylic acids is 1. The van der Waals surface area contributed by atoms with Gasteiger partial charge in [-0.1, -0.05) is 5.16 Å².